The number of hydrogen-bond acceptors (Lipinski definition) is 2. The third-order valence-corrected chi connectivity index (χ3v) is 3.95. The number of carbonyl (C=O) groups excluding carboxylic acids is 2. The van der Waals surface area contributed by atoms with Crippen LogP contribution in [0.25, 0.3) is 0 Å². The predicted octanol–water partition coefficient (Wildman–Crippen LogP) is 4.09. The van der Waals surface area contributed by atoms with Crippen molar-refractivity contribution in [1.29, 1.82) is 0 Å². The normalized spacial score (nSPS) is 11.1. The number of rotatable bonds is 6. The van der Waals surface area contributed by atoms with Crippen LogP contribution in [0, 0.1) is 0 Å². The molecule has 8 heteroatoms. The number of anilines is 1. The highest BCUT2D eigenvalue weighted by atomic mass is 35.5. The zero-order valence-electron chi connectivity index (χ0n) is 13.6. The quantitative estimate of drug-likeness (QED) is 0.788. The fourth-order valence-electron chi connectivity index (χ4n) is 2.22. The molecule has 0 bridgehead atoms. The molecule has 0 saturated carbocycles. The second-order valence-corrected chi connectivity index (χ2v) is 5.88. The average molecular weight is 385 g/mol. The van der Waals surface area contributed by atoms with Crippen molar-refractivity contribution in [1.82, 2.24) is 5.32 Å². The van der Waals surface area contributed by atoms with Gasteiger partial charge in [-0.25, -0.2) is 0 Å². The van der Waals surface area contributed by atoms with Crippen molar-refractivity contribution in [2.45, 2.75) is 25.6 Å². The van der Waals surface area contributed by atoms with Gasteiger partial charge in [-0.05, 0) is 29.7 Å². The molecule has 0 radical (unpaired) electrons. The minimum atomic E-state index is -4.98. The van der Waals surface area contributed by atoms with Crippen LogP contribution in [0.15, 0.2) is 48.5 Å². The van der Waals surface area contributed by atoms with Crippen LogP contribution in [-0.2, 0) is 22.6 Å². The number of para-hydroxylation sites is 1. The van der Waals surface area contributed by atoms with Gasteiger partial charge in [-0.15, -0.1) is 0 Å². The summed E-state index contributed by atoms with van der Waals surface area (Å²) in [6, 6.07) is 13.1. The Bertz CT molecular complexity index is 794. The summed E-state index contributed by atoms with van der Waals surface area (Å²) in [6.45, 7) is -0.00430. The lowest BCUT2D eigenvalue weighted by molar-refractivity contribution is -0.167. The van der Waals surface area contributed by atoms with Gasteiger partial charge in [0.25, 0.3) is 0 Å². The molecule has 4 nitrogen and oxygen atoms in total. The number of benzene rings is 2. The van der Waals surface area contributed by atoms with E-state index in [-0.39, 0.29) is 24.6 Å². The summed E-state index contributed by atoms with van der Waals surface area (Å²) in [4.78, 5) is 23.1. The molecule has 2 rings (SSSR count). The van der Waals surface area contributed by atoms with Gasteiger partial charge in [0.1, 0.15) is 0 Å². The second-order valence-electron chi connectivity index (χ2n) is 5.48. The van der Waals surface area contributed by atoms with Crippen molar-refractivity contribution in [3.05, 3.63) is 64.7 Å². The van der Waals surface area contributed by atoms with Crippen LogP contribution >= 0.6 is 11.6 Å². The van der Waals surface area contributed by atoms with Gasteiger partial charge < -0.3 is 10.6 Å². The number of nitrogens with one attached hydrogen (secondary N) is 2. The summed E-state index contributed by atoms with van der Waals surface area (Å²) in [5.41, 5.74) is 1.21. The lowest BCUT2D eigenvalue weighted by Crippen LogP contribution is -2.31. The maximum Gasteiger partial charge on any atom is 0.471 e. The smallest absolute Gasteiger partial charge is 0.352 e. The SMILES string of the molecule is O=C(CCc1ccccc1Cl)NCc1ccccc1NC(=O)C(F)(F)F. The molecule has 2 amide bonds. The summed E-state index contributed by atoms with van der Waals surface area (Å²) in [7, 11) is 0. The molecule has 2 aromatic carbocycles. The second kappa shape index (κ2) is 8.71. The van der Waals surface area contributed by atoms with Crippen molar-refractivity contribution in [3.63, 3.8) is 0 Å². The summed E-state index contributed by atoms with van der Waals surface area (Å²) in [5.74, 6) is -2.34. The molecule has 2 N–H and O–H groups in total. The molecule has 0 heterocycles. The van der Waals surface area contributed by atoms with E-state index in [0.29, 0.717) is 17.0 Å². The molecule has 0 aliphatic rings. The molecule has 0 aliphatic heterocycles. The minimum Gasteiger partial charge on any atom is -0.352 e. The highest BCUT2D eigenvalue weighted by molar-refractivity contribution is 6.31. The van der Waals surface area contributed by atoms with Crippen LogP contribution < -0.4 is 10.6 Å². The van der Waals surface area contributed by atoms with Crippen LogP contribution in [0.4, 0.5) is 18.9 Å². The maximum absolute atomic E-state index is 12.4. The van der Waals surface area contributed by atoms with Gasteiger partial charge in [0.05, 0.1) is 0 Å². The van der Waals surface area contributed by atoms with Crippen molar-refractivity contribution in [3.8, 4) is 0 Å². The Labute approximate surface area is 153 Å². The molecule has 0 saturated heterocycles. The van der Waals surface area contributed by atoms with E-state index < -0.39 is 12.1 Å². The Morgan fingerprint density at radius 2 is 1.58 bits per heavy atom. The van der Waals surface area contributed by atoms with Crippen LogP contribution in [0.2, 0.25) is 5.02 Å². The molecule has 138 valence electrons. The number of amides is 2. The standard InChI is InChI=1S/C18H16ClF3N2O2/c19-14-7-3-1-5-12(14)9-10-16(25)23-11-13-6-2-4-8-15(13)24-17(26)18(20,21)22/h1-8H,9-11H2,(H,23,25)(H,24,26). The molecule has 0 atom stereocenters. The first-order valence-electron chi connectivity index (χ1n) is 7.73. The summed E-state index contributed by atoms with van der Waals surface area (Å²) < 4.78 is 37.1. The number of hydrogen-bond donors (Lipinski definition) is 2. The van der Waals surface area contributed by atoms with E-state index in [0.717, 1.165) is 5.56 Å². The van der Waals surface area contributed by atoms with Gasteiger partial charge in [-0.1, -0.05) is 48.0 Å². The minimum absolute atomic E-state index is 0.00114. The van der Waals surface area contributed by atoms with Crippen LogP contribution in [-0.4, -0.2) is 18.0 Å². The van der Waals surface area contributed by atoms with E-state index in [9.17, 15) is 22.8 Å². The molecule has 0 aromatic heterocycles. The summed E-state index contributed by atoms with van der Waals surface area (Å²) in [6.07, 6.45) is -4.36. The molecular formula is C18H16ClF3N2O2. The van der Waals surface area contributed by atoms with E-state index in [1.54, 1.807) is 23.5 Å². The third-order valence-electron chi connectivity index (χ3n) is 3.58. The number of alkyl halides is 3. The zero-order valence-corrected chi connectivity index (χ0v) is 14.3. The average Bonchev–Trinajstić information content (AvgIpc) is 2.59. The molecule has 0 unspecified atom stereocenters. The third kappa shape index (κ3) is 5.77. The van der Waals surface area contributed by atoms with Crippen molar-refractivity contribution in [2.24, 2.45) is 0 Å². The zero-order chi connectivity index (χ0) is 19.2. The number of halogens is 4. The van der Waals surface area contributed by atoms with E-state index in [2.05, 4.69) is 5.32 Å². The first-order chi connectivity index (χ1) is 12.3. The predicted molar refractivity (Wildman–Crippen MR) is 92.7 cm³/mol. The van der Waals surface area contributed by atoms with E-state index in [1.165, 1.54) is 18.2 Å². The van der Waals surface area contributed by atoms with Crippen LogP contribution in [0.3, 0.4) is 0 Å². The lowest BCUT2D eigenvalue weighted by Gasteiger charge is -2.13. The highest BCUT2D eigenvalue weighted by Crippen LogP contribution is 2.21. The lowest BCUT2D eigenvalue weighted by atomic mass is 10.1. The van der Waals surface area contributed by atoms with Crippen molar-refractivity contribution >= 4 is 29.1 Å². The molecule has 26 heavy (non-hydrogen) atoms. The maximum atomic E-state index is 12.4. The Morgan fingerprint density at radius 3 is 2.23 bits per heavy atom. The molecule has 0 spiro atoms. The van der Waals surface area contributed by atoms with Gasteiger partial charge in [0, 0.05) is 23.7 Å². The number of aryl methyl sites for hydroxylation is 1. The molecule has 0 aliphatic carbocycles. The summed E-state index contributed by atoms with van der Waals surface area (Å²) in [5, 5.41) is 5.00. The van der Waals surface area contributed by atoms with E-state index in [4.69, 9.17) is 11.6 Å². The first kappa shape index (κ1) is 19.8. The van der Waals surface area contributed by atoms with Gasteiger partial charge in [0.2, 0.25) is 5.91 Å². The van der Waals surface area contributed by atoms with Gasteiger partial charge >= 0.3 is 12.1 Å². The van der Waals surface area contributed by atoms with Gasteiger partial charge in [0.15, 0.2) is 0 Å². The number of carbonyl (C=O) groups is 2. The van der Waals surface area contributed by atoms with Crippen LogP contribution in [0.5, 0.6) is 0 Å². The van der Waals surface area contributed by atoms with E-state index in [1.807, 2.05) is 12.1 Å². The fourth-order valence-corrected chi connectivity index (χ4v) is 2.45. The molecule has 2 aromatic rings. The topological polar surface area (TPSA) is 58.2 Å². The first-order valence-corrected chi connectivity index (χ1v) is 8.11. The Balaban J connectivity index is 1.92. The largest absolute Gasteiger partial charge is 0.471 e. The van der Waals surface area contributed by atoms with Gasteiger partial charge in [-0.2, -0.15) is 13.2 Å². The van der Waals surface area contributed by atoms with Crippen molar-refractivity contribution in [2.75, 3.05) is 5.32 Å². The van der Waals surface area contributed by atoms with Crippen LogP contribution in [0.1, 0.15) is 17.5 Å². The monoisotopic (exact) mass is 384 g/mol. The fraction of sp³-hybridized carbons (Fsp3) is 0.222. The Morgan fingerprint density at radius 1 is 0.962 bits per heavy atom. The van der Waals surface area contributed by atoms with E-state index >= 15 is 0 Å². The Kier molecular flexibility index (Phi) is 6.63. The molecular weight excluding hydrogens is 369 g/mol. The van der Waals surface area contributed by atoms with Crippen molar-refractivity contribution < 1.29 is 22.8 Å². The molecule has 0 fully saturated rings. The highest BCUT2D eigenvalue weighted by Gasteiger charge is 2.38. The Hall–Kier alpha value is -2.54. The van der Waals surface area contributed by atoms with Gasteiger partial charge in [-0.3, -0.25) is 9.59 Å². The summed E-state index contributed by atoms with van der Waals surface area (Å²) >= 11 is 6.02.